The van der Waals surface area contributed by atoms with Crippen molar-refractivity contribution in [3.8, 4) is 0 Å². The molecule has 1 fully saturated rings. The van der Waals surface area contributed by atoms with Gasteiger partial charge in [0.15, 0.2) is 0 Å². The van der Waals surface area contributed by atoms with E-state index in [1.807, 2.05) is 18.2 Å². The molecule has 1 atom stereocenters. The van der Waals surface area contributed by atoms with Crippen LogP contribution in [0, 0.1) is 0 Å². The van der Waals surface area contributed by atoms with Crippen LogP contribution in [0.4, 0.5) is 5.69 Å². The van der Waals surface area contributed by atoms with Crippen molar-refractivity contribution in [2.75, 3.05) is 18.0 Å². The van der Waals surface area contributed by atoms with Crippen LogP contribution in [-0.4, -0.2) is 29.4 Å². The van der Waals surface area contributed by atoms with Crippen LogP contribution >= 0.6 is 11.6 Å². The summed E-state index contributed by atoms with van der Waals surface area (Å²) in [7, 11) is 0. The van der Waals surface area contributed by atoms with Crippen LogP contribution in [0.2, 0.25) is 5.02 Å². The molecule has 1 heterocycles. The summed E-state index contributed by atoms with van der Waals surface area (Å²) < 4.78 is 6.09. The zero-order valence-corrected chi connectivity index (χ0v) is 13.7. The molecule has 3 nitrogen and oxygen atoms in total. The minimum Gasteiger partial charge on any atom is -0.389 e. The normalized spacial score (nSPS) is 22.6. The van der Waals surface area contributed by atoms with Crippen molar-refractivity contribution in [2.45, 2.75) is 51.9 Å². The molecule has 0 spiro atoms. The van der Waals surface area contributed by atoms with Gasteiger partial charge in [-0.1, -0.05) is 17.7 Å². The Hall–Kier alpha value is -0.770. The Balaban J connectivity index is 2.31. The van der Waals surface area contributed by atoms with Crippen molar-refractivity contribution in [2.24, 2.45) is 0 Å². The minimum absolute atomic E-state index is 0.214. The fourth-order valence-electron chi connectivity index (χ4n) is 3.00. The summed E-state index contributed by atoms with van der Waals surface area (Å²) in [6.45, 7) is 11.7. The first kappa shape index (κ1) is 15.6. The molecule has 20 heavy (non-hydrogen) atoms. The Bertz CT molecular complexity index is 481. The molecule has 0 saturated carbocycles. The number of halogens is 1. The van der Waals surface area contributed by atoms with Crippen molar-refractivity contribution in [3.05, 3.63) is 28.8 Å². The number of aliphatic hydroxyl groups excluding tert-OH is 1. The maximum atomic E-state index is 9.62. The van der Waals surface area contributed by atoms with E-state index < -0.39 is 6.10 Å². The lowest BCUT2D eigenvalue weighted by Gasteiger charge is -2.48. The highest BCUT2D eigenvalue weighted by Crippen LogP contribution is 2.35. The van der Waals surface area contributed by atoms with Gasteiger partial charge in [-0.2, -0.15) is 0 Å². The van der Waals surface area contributed by atoms with Gasteiger partial charge in [-0.15, -0.1) is 0 Å². The standard InChI is InChI=1S/C16H24ClNO2/c1-11(19)12-6-7-14(13(17)8-12)18-9-15(2,3)20-16(4,5)10-18/h6-8,11,19H,9-10H2,1-5H3. The van der Waals surface area contributed by atoms with Gasteiger partial charge in [-0.3, -0.25) is 0 Å². The molecule has 0 aliphatic carbocycles. The lowest BCUT2D eigenvalue weighted by molar-refractivity contribution is -0.133. The highest BCUT2D eigenvalue weighted by molar-refractivity contribution is 6.33. The molecular weight excluding hydrogens is 274 g/mol. The van der Waals surface area contributed by atoms with E-state index in [0.717, 1.165) is 24.3 Å². The average Bonchev–Trinajstić information content (AvgIpc) is 2.24. The third-order valence-electron chi connectivity index (χ3n) is 3.49. The van der Waals surface area contributed by atoms with E-state index in [9.17, 15) is 5.11 Å². The summed E-state index contributed by atoms with van der Waals surface area (Å²) in [5, 5.41) is 10.3. The lowest BCUT2D eigenvalue weighted by Crippen LogP contribution is -2.57. The summed E-state index contributed by atoms with van der Waals surface area (Å²) in [6, 6.07) is 5.76. The van der Waals surface area contributed by atoms with E-state index in [0.29, 0.717) is 5.02 Å². The monoisotopic (exact) mass is 297 g/mol. The minimum atomic E-state index is -0.501. The fraction of sp³-hybridized carbons (Fsp3) is 0.625. The summed E-state index contributed by atoms with van der Waals surface area (Å²) in [5.74, 6) is 0. The summed E-state index contributed by atoms with van der Waals surface area (Å²) in [6.07, 6.45) is -0.501. The number of hydrogen-bond acceptors (Lipinski definition) is 3. The van der Waals surface area contributed by atoms with E-state index in [4.69, 9.17) is 16.3 Å². The number of aliphatic hydroxyl groups is 1. The second-order valence-electron chi connectivity index (χ2n) is 6.86. The van der Waals surface area contributed by atoms with E-state index in [-0.39, 0.29) is 11.2 Å². The third kappa shape index (κ3) is 3.46. The maximum Gasteiger partial charge on any atom is 0.0808 e. The Morgan fingerprint density at radius 1 is 1.20 bits per heavy atom. The maximum absolute atomic E-state index is 9.62. The molecule has 0 radical (unpaired) electrons. The lowest BCUT2D eigenvalue weighted by atomic mass is 9.98. The molecule has 0 amide bonds. The topological polar surface area (TPSA) is 32.7 Å². The quantitative estimate of drug-likeness (QED) is 0.901. The number of nitrogens with zero attached hydrogens (tertiary/aromatic N) is 1. The van der Waals surface area contributed by atoms with E-state index in [1.165, 1.54) is 0 Å². The van der Waals surface area contributed by atoms with E-state index >= 15 is 0 Å². The van der Waals surface area contributed by atoms with Gasteiger partial charge in [-0.05, 0) is 52.3 Å². The molecule has 1 aromatic carbocycles. The first-order valence-corrected chi connectivity index (χ1v) is 7.40. The van der Waals surface area contributed by atoms with Crippen LogP contribution in [0.1, 0.15) is 46.3 Å². The highest BCUT2D eigenvalue weighted by Gasteiger charge is 2.38. The van der Waals surface area contributed by atoms with Gasteiger partial charge < -0.3 is 14.7 Å². The number of ether oxygens (including phenoxy) is 1. The number of rotatable bonds is 2. The Labute approximate surface area is 126 Å². The summed E-state index contributed by atoms with van der Waals surface area (Å²) in [4.78, 5) is 2.26. The number of morpholine rings is 1. The zero-order chi connectivity index (χ0) is 15.1. The molecule has 1 N–H and O–H groups in total. The molecule has 2 rings (SSSR count). The van der Waals surface area contributed by atoms with Gasteiger partial charge >= 0.3 is 0 Å². The fourth-order valence-corrected chi connectivity index (χ4v) is 3.31. The second-order valence-corrected chi connectivity index (χ2v) is 7.27. The van der Waals surface area contributed by atoms with Gasteiger partial charge in [0.05, 0.1) is 28.0 Å². The summed E-state index contributed by atoms with van der Waals surface area (Å²) >= 11 is 6.40. The van der Waals surface area contributed by atoms with Crippen molar-refractivity contribution in [3.63, 3.8) is 0 Å². The third-order valence-corrected chi connectivity index (χ3v) is 3.79. The average molecular weight is 298 g/mol. The van der Waals surface area contributed by atoms with Crippen LogP contribution in [0.3, 0.4) is 0 Å². The van der Waals surface area contributed by atoms with Gasteiger partial charge in [0.1, 0.15) is 0 Å². The van der Waals surface area contributed by atoms with Crippen LogP contribution in [0.5, 0.6) is 0 Å². The van der Waals surface area contributed by atoms with E-state index in [1.54, 1.807) is 6.92 Å². The van der Waals surface area contributed by atoms with Crippen LogP contribution in [0.25, 0.3) is 0 Å². The Kier molecular flexibility index (Phi) is 4.07. The molecule has 0 aromatic heterocycles. The Morgan fingerprint density at radius 3 is 2.20 bits per heavy atom. The molecule has 1 saturated heterocycles. The SMILES string of the molecule is CC(O)c1ccc(N2CC(C)(C)OC(C)(C)C2)c(Cl)c1. The van der Waals surface area contributed by atoms with Crippen molar-refractivity contribution in [1.29, 1.82) is 0 Å². The largest absolute Gasteiger partial charge is 0.389 e. The number of anilines is 1. The molecule has 4 heteroatoms. The van der Waals surface area contributed by atoms with Gasteiger partial charge in [0.2, 0.25) is 0 Å². The molecular formula is C16H24ClNO2. The molecule has 1 aliphatic heterocycles. The predicted octanol–water partition coefficient (Wildman–Crippen LogP) is 3.79. The van der Waals surface area contributed by atoms with E-state index in [2.05, 4.69) is 32.6 Å². The molecule has 112 valence electrons. The molecule has 1 unspecified atom stereocenters. The summed E-state index contributed by atoms with van der Waals surface area (Å²) in [5.41, 5.74) is 1.41. The first-order valence-electron chi connectivity index (χ1n) is 7.02. The van der Waals surface area contributed by atoms with Crippen molar-refractivity contribution < 1.29 is 9.84 Å². The highest BCUT2D eigenvalue weighted by atomic mass is 35.5. The zero-order valence-electron chi connectivity index (χ0n) is 12.9. The molecule has 0 bridgehead atoms. The van der Waals surface area contributed by atoms with Crippen LogP contribution in [0.15, 0.2) is 18.2 Å². The number of benzene rings is 1. The first-order chi connectivity index (χ1) is 9.10. The predicted molar refractivity (Wildman–Crippen MR) is 83.5 cm³/mol. The van der Waals surface area contributed by atoms with Crippen LogP contribution in [-0.2, 0) is 4.74 Å². The van der Waals surface area contributed by atoms with Crippen molar-refractivity contribution >= 4 is 17.3 Å². The van der Waals surface area contributed by atoms with Crippen molar-refractivity contribution in [1.82, 2.24) is 0 Å². The molecule has 1 aromatic rings. The van der Waals surface area contributed by atoms with Gasteiger partial charge in [0.25, 0.3) is 0 Å². The smallest absolute Gasteiger partial charge is 0.0808 e. The molecule has 1 aliphatic rings. The second kappa shape index (κ2) is 5.21. The van der Waals surface area contributed by atoms with Gasteiger partial charge in [0, 0.05) is 13.1 Å². The van der Waals surface area contributed by atoms with Gasteiger partial charge in [-0.25, -0.2) is 0 Å². The van der Waals surface area contributed by atoms with Crippen LogP contribution < -0.4 is 4.90 Å². The Morgan fingerprint density at radius 2 is 1.75 bits per heavy atom. The number of hydrogen-bond donors (Lipinski definition) is 1.